The van der Waals surface area contributed by atoms with Crippen molar-refractivity contribution in [1.82, 2.24) is 19.2 Å². The van der Waals surface area contributed by atoms with Gasteiger partial charge in [-0.15, -0.1) is 5.10 Å². The van der Waals surface area contributed by atoms with Crippen LogP contribution in [0.25, 0.3) is 5.65 Å². The number of aromatic nitrogens is 4. The molecule has 0 unspecified atom stereocenters. The van der Waals surface area contributed by atoms with Gasteiger partial charge in [-0.25, -0.2) is 18.9 Å². The number of hydrogen-bond donors (Lipinski definition) is 1. The minimum Gasteiger partial charge on any atom is -0.324 e. The quantitative estimate of drug-likeness (QED) is 0.514. The fraction of sp³-hybridized carbons (Fsp3) is 0.182. The summed E-state index contributed by atoms with van der Waals surface area (Å²) in [6, 6.07) is 17.4. The van der Waals surface area contributed by atoms with Crippen molar-refractivity contribution in [3.63, 3.8) is 0 Å². The number of fused-ring (bicyclic) bond motifs is 1. The first-order chi connectivity index (χ1) is 14.5. The van der Waals surface area contributed by atoms with Gasteiger partial charge in [-0.1, -0.05) is 55.9 Å². The Hall–Kier alpha value is -3.39. The Bertz CT molecular complexity index is 1230. The van der Waals surface area contributed by atoms with Crippen LogP contribution < -0.4 is 11.0 Å². The second-order valence-electron chi connectivity index (χ2n) is 7.11. The molecule has 2 aromatic carbocycles. The Balaban J connectivity index is 1.54. The number of nitrogens with one attached hydrogen (secondary N) is 1. The van der Waals surface area contributed by atoms with Gasteiger partial charge in [0.25, 0.3) is 0 Å². The van der Waals surface area contributed by atoms with Crippen molar-refractivity contribution in [2.24, 2.45) is 0 Å². The van der Waals surface area contributed by atoms with Crippen molar-refractivity contribution in [3.05, 3.63) is 83.0 Å². The molecule has 0 bridgehead atoms. The number of amides is 1. The smallest absolute Gasteiger partial charge is 0.324 e. The summed E-state index contributed by atoms with van der Waals surface area (Å²) >= 11 is 1.42. The average molecular weight is 420 g/mol. The summed E-state index contributed by atoms with van der Waals surface area (Å²) in [6.07, 6.45) is 3.11. The van der Waals surface area contributed by atoms with Crippen LogP contribution >= 0.6 is 11.8 Å². The van der Waals surface area contributed by atoms with E-state index in [4.69, 9.17) is 0 Å². The Labute approximate surface area is 177 Å². The Kier molecular flexibility index (Phi) is 5.67. The van der Waals surface area contributed by atoms with E-state index in [-0.39, 0.29) is 18.1 Å². The lowest BCUT2D eigenvalue weighted by atomic mass is 10.0. The minimum absolute atomic E-state index is 0.179. The highest BCUT2D eigenvalue weighted by atomic mass is 32.2. The monoisotopic (exact) mass is 419 g/mol. The molecule has 0 fully saturated rings. The van der Waals surface area contributed by atoms with E-state index in [0.29, 0.717) is 22.3 Å². The van der Waals surface area contributed by atoms with Crippen LogP contribution in [0.1, 0.15) is 25.3 Å². The molecule has 0 aliphatic rings. The maximum Gasteiger partial charge on any atom is 0.350 e. The maximum absolute atomic E-state index is 12.7. The standard InChI is InChI=1S/C22H21N5O2S/c1-15(2)16-8-10-17(11-9-16)24-19(28)14-27-22(29)26-13-12-23-21(20(26)25-27)30-18-6-4-3-5-7-18/h3-13,15H,14H2,1-2H3,(H,24,28). The third-order valence-electron chi connectivity index (χ3n) is 4.58. The molecule has 2 aromatic heterocycles. The van der Waals surface area contributed by atoms with Crippen LogP contribution in [-0.2, 0) is 11.3 Å². The molecule has 0 spiro atoms. The van der Waals surface area contributed by atoms with E-state index in [0.717, 1.165) is 9.58 Å². The molecule has 1 N–H and O–H groups in total. The van der Waals surface area contributed by atoms with Gasteiger partial charge in [-0.3, -0.25) is 4.79 Å². The van der Waals surface area contributed by atoms with E-state index >= 15 is 0 Å². The molecular weight excluding hydrogens is 398 g/mol. The molecule has 8 heteroatoms. The first-order valence-corrected chi connectivity index (χ1v) is 10.4. The molecule has 0 saturated carbocycles. The first-order valence-electron chi connectivity index (χ1n) is 9.58. The lowest BCUT2D eigenvalue weighted by molar-refractivity contribution is -0.117. The molecule has 0 radical (unpaired) electrons. The van der Waals surface area contributed by atoms with Crippen LogP contribution in [0.15, 0.2) is 81.7 Å². The number of carbonyl (C=O) groups excluding carboxylic acids is 1. The highest BCUT2D eigenvalue weighted by Gasteiger charge is 2.15. The van der Waals surface area contributed by atoms with Crippen LogP contribution in [0, 0.1) is 0 Å². The highest BCUT2D eigenvalue weighted by molar-refractivity contribution is 7.99. The fourth-order valence-corrected chi connectivity index (χ4v) is 3.85. The summed E-state index contributed by atoms with van der Waals surface area (Å²) in [5.41, 5.74) is 1.92. The SMILES string of the molecule is CC(C)c1ccc(NC(=O)Cn2nc3c(Sc4ccccc4)nccn3c2=O)cc1. The predicted octanol–water partition coefficient (Wildman–Crippen LogP) is 3.80. The average Bonchev–Trinajstić information content (AvgIpc) is 3.06. The lowest BCUT2D eigenvalue weighted by Crippen LogP contribution is -2.28. The van der Waals surface area contributed by atoms with Crippen LogP contribution in [0.5, 0.6) is 0 Å². The second-order valence-corrected chi connectivity index (χ2v) is 8.17. The molecule has 4 rings (SSSR count). The van der Waals surface area contributed by atoms with Crippen LogP contribution in [0.4, 0.5) is 5.69 Å². The van der Waals surface area contributed by atoms with Crippen molar-refractivity contribution in [2.45, 2.75) is 36.2 Å². The molecule has 4 aromatic rings. The molecule has 7 nitrogen and oxygen atoms in total. The van der Waals surface area contributed by atoms with Crippen molar-refractivity contribution >= 4 is 29.0 Å². The fourth-order valence-electron chi connectivity index (χ4n) is 2.99. The number of hydrogen-bond acceptors (Lipinski definition) is 5. The topological polar surface area (TPSA) is 81.3 Å². The molecule has 0 saturated heterocycles. The van der Waals surface area contributed by atoms with Crippen molar-refractivity contribution in [1.29, 1.82) is 0 Å². The number of rotatable bonds is 6. The summed E-state index contributed by atoms with van der Waals surface area (Å²) in [6.45, 7) is 4.05. The van der Waals surface area contributed by atoms with E-state index in [9.17, 15) is 9.59 Å². The van der Waals surface area contributed by atoms with Gasteiger partial charge < -0.3 is 5.32 Å². The number of benzene rings is 2. The lowest BCUT2D eigenvalue weighted by Gasteiger charge is -2.08. The van der Waals surface area contributed by atoms with Crippen molar-refractivity contribution in [3.8, 4) is 0 Å². The molecule has 0 atom stereocenters. The molecule has 152 valence electrons. The minimum atomic E-state index is -0.382. The van der Waals surface area contributed by atoms with Crippen LogP contribution in [0.3, 0.4) is 0 Å². The summed E-state index contributed by atoms with van der Waals surface area (Å²) in [4.78, 5) is 30.5. The van der Waals surface area contributed by atoms with Crippen LogP contribution in [0.2, 0.25) is 0 Å². The van der Waals surface area contributed by atoms with Gasteiger partial charge >= 0.3 is 5.69 Å². The van der Waals surface area contributed by atoms with Gasteiger partial charge in [-0.05, 0) is 35.7 Å². The van der Waals surface area contributed by atoms with Crippen LogP contribution in [-0.4, -0.2) is 25.1 Å². The maximum atomic E-state index is 12.7. The van der Waals surface area contributed by atoms with Crippen molar-refractivity contribution < 1.29 is 4.79 Å². The Morgan fingerprint density at radius 1 is 1.10 bits per heavy atom. The van der Waals surface area contributed by atoms with E-state index in [1.54, 1.807) is 12.4 Å². The predicted molar refractivity (Wildman–Crippen MR) is 117 cm³/mol. The van der Waals surface area contributed by atoms with Gasteiger partial charge in [0.15, 0.2) is 5.65 Å². The van der Waals surface area contributed by atoms with E-state index in [2.05, 4.69) is 29.2 Å². The van der Waals surface area contributed by atoms with Gasteiger partial charge in [-0.2, -0.15) is 0 Å². The summed E-state index contributed by atoms with van der Waals surface area (Å²) in [5.74, 6) is 0.103. The third kappa shape index (κ3) is 4.28. The highest BCUT2D eigenvalue weighted by Crippen LogP contribution is 2.27. The zero-order chi connectivity index (χ0) is 21.1. The first kappa shape index (κ1) is 19.9. The number of carbonyl (C=O) groups is 1. The summed E-state index contributed by atoms with van der Waals surface area (Å²) in [7, 11) is 0. The summed E-state index contributed by atoms with van der Waals surface area (Å²) in [5, 5.41) is 7.77. The molecular formula is C22H21N5O2S. The normalized spacial score (nSPS) is 11.2. The molecule has 2 heterocycles. The van der Waals surface area contributed by atoms with E-state index in [1.807, 2.05) is 54.6 Å². The second kappa shape index (κ2) is 8.54. The molecule has 30 heavy (non-hydrogen) atoms. The molecule has 0 aliphatic carbocycles. The zero-order valence-corrected chi connectivity index (χ0v) is 17.5. The van der Waals surface area contributed by atoms with E-state index in [1.165, 1.54) is 21.7 Å². The van der Waals surface area contributed by atoms with Gasteiger partial charge in [0, 0.05) is 23.0 Å². The summed E-state index contributed by atoms with van der Waals surface area (Å²) < 4.78 is 2.56. The molecule has 1 amide bonds. The molecule has 0 aliphatic heterocycles. The largest absolute Gasteiger partial charge is 0.350 e. The van der Waals surface area contributed by atoms with Gasteiger partial charge in [0.1, 0.15) is 11.6 Å². The third-order valence-corrected chi connectivity index (χ3v) is 5.57. The number of nitrogens with zero attached hydrogens (tertiary/aromatic N) is 4. The Morgan fingerprint density at radius 2 is 1.83 bits per heavy atom. The van der Waals surface area contributed by atoms with Crippen molar-refractivity contribution in [2.75, 3.05) is 5.32 Å². The van der Waals surface area contributed by atoms with Gasteiger partial charge in [0.2, 0.25) is 5.91 Å². The Morgan fingerprint density at radius 3 is 2.53 bits per heavy atom. The number of anilines is 1. The zero-order valence-electron chi connectivity index (χ0n) is 16.6. The van der Waals surface area contributed by atoms with Gasteiger partial charge in [0.05, 0.1) is 0 Å². The van der Waals surface area contributed by atoms with E-state index < -0.39 is 0 Å².